The second kappa shape index (κ2) is 6.90. The van der Waals surface area contributed by atoms with Crippen LogP contribution in [-0.2, 0) is 5.75 Å². The van der Waals surface area contributed by atoms with Crippen molar-refractivity contribution in [2.24, 2.45) is 0 Å². The molecule has 4 rings (SSSR count). The van der Waals surface area contributed by atoms with Gasteiger partial charge in [-0.1, -0.05) is 59.8 Å². The zero-order valence-electron chi connectivity index (χ0n) is 13.2. The Morgan fingerprint density at radius 2 is 1.68 bits per heavy atom. The predicted molar refractivity (Wildman–Crippen MR) is 102 cm³/mol. The molecule has 0 N–H and O–H groups in total. The van der Waals surface area contributed by atoms with Gasteiger partial charge in [0, 0.05) is 22.0 Å². The van der Waals surface area contributed by atoms with E-state index in [0.717, 1.165) is 21.9 Å². The monoisotopic (exact) mass is 368 g/mol. The molecule has 0 radical (unpaired) electrons. The molecule has 0 aliphatic carbocycles. The van der Waals surface area contributed by atoms with Crippen molar-refractivity contribution in [3.05, 3.63) is 89.2 Å². The molecule has 0 saturated carbocycles. The van der Waals surface area contributed by atoms with Crippen LogP contribution in [0.4, 0.5) is 4.39 Å². The molecular formula is C20H14ClFN2S. The van der Waals surface area contributed by atoms with Crippen LogP contribution in [0.1, 0.15) is 5.56 Å². The maximum Gasteiger partial charge on any atom is 0.174 e. The summed E-state index contributed by atoms with van der Waals surface area (Å²) in [5.41, 5.74) is 3.46. The summed E-state index contributed by atoms with van der Waals surface area (Å²) in [6.45, 7) is 0. The van der Waals surface area contributed by atoms with Crippen LogP contribution in [0.5, 0.6) is 0 Å². The Morgan fingerprint density at radius 3 is 2.48 bits per heavy atom. The number of thioether (sulfide) groups is 1. The van der Waals surface area contributed by atoms with Crippen LogP contribution in [0.3, 0.4) is 0 Å². The number of imidazole rings is 1. The first-order valence-corrected chi connectivity index (χ1v) is 9.19. The van der Waals surface area contributed by atoms with E-state index in [0.29, 0.717) is 16.3 Å². The van der Waals surface area contributed by atoms with Gasteiger partial charge < -0.3 is 0 Å². The van der Waals surface area contributed by atoms with Crippen LogP contribution in [-0.4, -0.2) is 9.55 Å². The van der Waals surface area contributed by atoms with Crippen LogP contribution >= 0.6 is 23.4 Å². The first kappa shape index (κ1) is 16.2. The topological polar surface area (TPSA) is 17.8 Å². The Hall–Kier alpha value is -2.30. The summed E-state index contributed by atoms with van der Waals surface area (Å²) in [6.07, 6.45) is 0. The van der Waals surface area contributed by atoms with Gasteiger partial charge >= 0.3 is 0 Å². The highest BCUT2D eigenvalue weighted by atomic mass is 35.5. The van der Waals surface area contributed by atoms with E-state index in [1.807, 2.05) is 54.6 Å². The summed E-state index contributed by atoms with van der Waals surface area (Å²) in [6, 6.07) is 22.8. The largest absolute Gasteiger partial charge is 0.287 e. The number of halogens is 2. The molecule has 0 bridgehead atoms. The van der Waals surface area contributed by atoms with E-state index in [-0.39, 0.29) is 5.82 Å². The van der Waals surface area contributed by atoms with E-state index >= 15 is 0 Å². The van der Waals surface area contributed by atoms with Gasteiger partial charge in [0.1, 0.15) is 5.82 Å². The SMILES string of the molecule is Fc1cccc(Cl)c1CSc1nc2ccccc2n1-c1ccccc1. The Kier molecular flexibility index (Phi) is 4.47. The summed E-state index contributed by atoms with van der Waals surface area (Å²) < 4.78 is 16.1. The smallest absolute Gasteiger partial charge is 0.174 e. The van der Waals surface area contributed by atoms with Gasteiger partial charge in [-0.2, -0.15) is 0 Å². The number of hydrogen-bond acceptors (Lipinski definition) is 2. The lowest BCUT2D eigenvalue weighted by Gasteiger charge is -2.10. The van der Waals surface area contributed by atoms with Gasteiger partial charge in [0.25, 0.3) is 0 Å². The van der Waals surface area contributed by atoms with Gasteiger partial charge in [0.2, 0.25) is 0 Å². The zero-order chi connectivity index (χ0) is 17.2. The van der Waals surface area contributed by atoms with Gasteiger partial charge in [0.15, 0.2) is 5.16 Å². The number of para-hydroxylation sites is 3. The zero-order valence-corrected chi connectivity index (χ0v) is 14.8. The van der Waals surface area contributed by atoms with Gasteiger partial charge in [-0.15, -0.1) is 0 Å². The average molecular weight is 369 g/mol. The fourth-order valence-electron chi connectivity index (χ4n) is 2.73. The van der Waals surface area contributed by atoms with Gasteiger partial charge in [-0.05, 0) is 36.4 Å². The van der Waals surface area contributed by atoms with Crippen LogP contribution in [0.2, 0.25) is 5.02 Å². The van der Waals surface area contributed by atoms with Crippen molar-refractivity contribution in [1.82, 2.24) is 9.55 Å². The van der Waals surface area contributed by atoms with Crippen molar-refractivity contribution < 1.29 is 4.39 Å². The van der Waals surface area contributed by atoms with Crippen molar-refractivity contribution in [1.29, 1.82) is 0 Å². The lowest BCUT2D eigenvalue weighted by molar-refractivity contribution is 0.617. The Balaban J connectivity index is 1.77. The van der Waals surface area contributed by atoms with E-state index in [4.69, 9.17) is 16.6 Å². The molecule has 0 saturated heterocycles. The van der Waals surface area contributed by atoms with E-state index in [1.54, 1.807) is 12.1 Å². The maximum absolute atomic E-state index is 14.1. The fourth-order valence-corrected chi connectivity index (χ4v) is 4.11. The highest BCUT2D eigenvalue weighted by Gasteiger charge is 2.14. The summed E-state index contributed by atoms with van der Waals surface area (Å²) in [5.74, 6) is 0.129. The molecule has 0 amide bonds. The van der Waals surface area contributed by atoms with Crippen molar-refractivity contribution in [2.45, 2.75) is 10.9 Å². The average Bonchev–Trinajstić information content (AvgIpc) is 3.00. The van der Waals surface area contributed by atoms with Crippen LogP contribution in [0.25, 0.3) is 16.7 Å². The molecule has 25 heavy (non-hydrogen) atoms. The molecule has 3 aromatic carbocycles. The molecule has 0 spiro atoms. The van der Waals surface area contributed by atoms with E-state index in [2.05, 4.69) is 4.57 Å². The second-order valence-electron chi connectivity index (χ2n) is 5.54. The normalized spacial score (nSPS) is 11.1. The third kappa shape index (κ3) is 3.15. The molecule has 0 unspecified atom stereocenters. The third-order valence-electron chi connectivity index (χ3n) is 3.95. The number of rotatable bonds is 4. The van der Waals surface area contributed by atoms with Crippen molar-refractivity contribution in [3.8, 4) is 5.69 Å². The minimum absolute atomic E-state index is 0.289. The van der Waals surface area contributed by atoms with E-state index < -0.39 is 0 Å². The van der Waals surface area contributed by atoms with E-state index in [9.17, 15) is 4.39 Å². The highest BCUT2D eigenvalue weighted by Crippen LogP contribution is 2.32. The van der Waals surface area contributed by atoms with Gasteiger partial charge in [0.05, 0.1) is 11.0 Å². The Bertz CT molecular complexity index is 1010. The predicted octanol–water partition coefficient (Wildman–Crippen LogP) is 6.11. The van der Waals surface area contributed by atoms with Crippen molar-refractivity contribution in [3.63, 3.8) is 0 Å². The summed E-state index contributed by atoms with van der Waals surface area (Å²) in [7, 11) is 0. The molecule has 0 aliphatic heterocycles. The van der Waals surface area contributed by atoms with Crippen LogP contribution in [0.15, 0.2) is 78.0 Å². The standard InChI is InChI=1S/C20H14ClFN2S/c21-16-9-6-10-17(22)15(16)13-25-20-23-18-11-4-5-12-19(18)24(20)14-7-2-1-3-8-14/h1-12H,13H2. The molecule has 1 heterocycles. The first-order valence-electron chi connectivity index (χ1n) is 7.82. The minimum atomic E-state index is -0.289. The van der Waals surface area contributed by atoms with Crippen LogP contribution in [0, 0.1) is 5.82 Å². The number of aromatic nitrogens is 2. The Labute approximate surface area is 154 Å². The van der Waals surface area contributed by atoms with Crippen molar-refractivity contribution >= 4 is 34.4 Å². The van der Waals surface area contributed by atoms with Gasteiger partial charge in [-0.3, -0.25) is 4.57 Å². The van der Waals surface area contributed by atoms with E-state index in [1.165, 1.54) is 17.8 Å². The summed E-state index contributed by atoms with van der Waals surface area (Å²) in [5, 5.41) is 1.25. The second-order valence-corrected chi connectivity index (χ2v) is 6.89. The van der Waals surface area contributed by atoms with Crippen LogP contribution < -0.4 is 0 Å². The third-order valence-corrected chi connectivity index (χ3v) is 5.27. The molecule has 124 valence electrons. The molecule has 2 nitrogen and oxygen atoms in total. The summed E-state index contributed by atoms with van der Waals surface area (Å²) >= 11 is 7.63. The lowest BCUT2D eigenvalue weighted by atomic mass is 10.2. The number of hydrogen-bond donors (Lipinski definition) is 0. The number of nitrogens with zero attached hydrogens (tertiary/aromatic N) is 2. The molecule has 1 aromatic heterocycles. The number of fused-ring (bicyclic) bond motifs is 1. The van der Waals surface area contributed by atoms with Crippen molar-refractivity contribution in [2.75, 3.05) is 0 Å². The van der Waals surface area contributed by atoms with Gasteiger partial charge in [-0.25, -0.2) is 9.37 Å². The molecule has 4 aromatic rings. The fraction of sp³-hybridized carbons (Fsp3) is 0.0500. The molecule has 0 atom stereocenters. The molecule has 0 fully saturated rings. The highest BCUT2D eigenvalue weighted by molar-refractivity contribution is 7.98. The quantitative estimate of drug-likeness (QED) is 0.404. The minimum Gasteiger partial charge on any atom is -0.287 e. The number of benzene rings is 3. The summed E-state index contributed by atoms with van der Waals surface area (Å²) in [4.78, 5) is 4.72. The maximum atomic E-state index is 14.1. The lowest BCUT2D eigenvalue weighted by Crippen LogP contribution is -1.97. The first-order chi connectivity index (χ1) is 12.2. The molecule has 0 aliphatic rings. The Morgan fingerprint density at radius 1 is 0.920 bits per heavy atom. The molecule has 5 heteroatoms. The molecular weight excluding hydrogens is 355 g/mol.